The predicted octanol–water partition coefficient (Wildman–Crippen LogP) is 1.35. The van der Waals surface area contributed by atoms with Gasteiger partial charge in [-0.2, -0.15) is 0 Å². The van der Waals surface area contributed by atoms with E-state index in [4.69, 9.17) is 0 Å². The van der Waals surface area contributed by atoms with Crippen LogP contribution in [0, 0.1) is 0 Å². The molecule has 1 aromatic rings. The van der Waals surface area contributed by atoms with Gasteiger partial charge in [-0.1, -0.05) is 18.2 Å². The highest BCUT2D eigenvalue weighted by Gasteiger charge is 2.29. The quantitative estimate of drug-likeness (QED) is 0.854. The molecule has 3 rings (SSSR count). The highest BCUT2D eigenvalue weighted by molar-refractivity contribution is 5.82. The van der Waals surface area contributed by atoms with Crippen LogP contribution in [-0.2, 0) is 4.79 Å². The molecule has 0 bridgehead atoms. The molecule has 0 saturated carbocycles. The molecule has 0 radical (unpaired) electrons. The van der Waals surface area contributed by atoms with Gasteiger partial charge in [0.05, 0.1) is 5.69 Å². The third-order valence-corrected chi connectivity index (χ3v) is 3.98. The number of anilines is 1. The third kappa shape index (κ3) is 1.86. The molecule has 4 nitrogen and oxygen atoms in total. The van der Waals surface area contributed by atoms with Gasteiger partial charge in [0.2, 0.25) is 5.91 Å². The number of carbonyl (C=O) groups excluding carboxylic acids is 1. The second-order valence-electron chi connectivity index (χ2n) is 5.04. The lowest BCUT2D eigenvalue weighted by molar-refractivity contribution is -0.126. The van der Waals surface area contributed by atoms with Gasteiger partial charge in [-0.05, 0) is 30.5 Å². The number of nitrogens with one attached hydrogen (secondary N) is 1. The standard InChI is InChI=1S/C14H19N3O/c1-16-14(18)7-9-17(16)13-5-3-2-4-12(13)11-6-8-15-10-11/h2-5,11,15H,6-10H2,1H3. The molecule has 4 heteroatoms. The maximum atomic E-state index is 11.7. The summed E-state index contributed by atoms with van der Waals surface area (Å²) in [6.45, 7) is 2.93. The highest BCUT2D eigenvalue weighted by atomic mass is 16.2. The van der Waals surface area contributed by atoms with Crippen molar-refractivity contribution >= 4 is 11.6 Å². The molecule has 1 amide bonds. The lowest BCUT2D eigenvalue weighted by Gasteiger charge is -2.29. The van der Waals surface area contributed by atoms with Crippen molar-refractivity contribution in [2.45, 2.75) is 18.8 Å². The van der Waals surface area contributed by atoms with Crippen LogP contribution in [0.4, 0.5) is 5.69 Å². The van der Waals surface area contributed by atoms with E-state index in [1.807, 2.05) is 7.05 Å². The molecule has 2 fully saturated rings. The first kappa shape index (κ1) is 11.5. The summed E-state index contributed by atoms with van der Waals surface area (Å²) in [6.07, 6.45) is 1.80. The minimum absolute atomic E-state index is 0.203. The van der Waals surface area contributed by atoms with Gasteiger partial charge >= 0.3 is 0 Å². The van der Waals surface area contributed by atoms with E-state index in [0.29, 0.717) is 12.3 Å². The summed E-state index contributed by atoms with van der Waals surface area (Å²) in [6, 6.07) is 8.47. The van der Waals surface area contributed by atoms with Crippen molar-refractivity contribution in [2.75, 3.05) is 31.7 Å². The zero-order chi connectivity index (χ0) is 12.5. The number of hydrogen-bond donors (Lipinski definition) is 1. The fraction of sp³-hybridized carbons (Fsp3) is 0.500. The summed E-state index contributed by atoms with van der Waals surface area (Å²) >= 11 is 0. The number of hydrogen-bond acceptors (Lipinski definition) is 3. The minimum atomic E-state index is 0.203. The Hall–Kier alpha value is -1.55. The fourth-order valence-corrected chi connectivity index (χ4v) is 2.92. The normalized spacial score (nSPS) is 24.1. The number of rotatable bonds is 2. The van der Waals surface area contributed by atoms with Gasteiger partial charge in [-0.25, -0.2) is 0 Å². The average Bonchev–Trinajstić information content (AvgIpc) is 3.02. The molecule has 1 N–H and O–H groups in total. The Morgan fingerprint density at radius 2 is 2.17 bits per heavy atom. The Labute approximate surface area is 108 Å². The van der Waals surface area contributed by atoms with Crippen LogP contribution in [0.3, 0.4) is 0 Å². The number of nitrogens with zero attached hydrogens (tertiary/aromatic N) is 2. The molecule has 0 aliphatic carbocycles. The SMILES string of the molecule is CN1C(=O)CCN1c1ccccc1C1CCNC1. The van der Waals surface area contributed by atoms with E-state index in [1.165, 1.54) is 17.7 Å². The number of benzene rings is 1. The lowest BCUT2D eigenvalue weighted by Crippen LogP contribution is -2.36. The summed E-state index contributed by atoms with van der Waals surface area (Å²) in [5.41, 5.74) is 2.56. The van der Waals surface area contributed by atoms with Crippen molar-refractivity contribution in [3.8, 4) is 0 Å². The molecular weight excluding hydrogens is 226 g/mol. The maximum absolute atomic E-state index is 11.7. The third-order valence-electron chi connectivity index (χ3n) is 3.98. The van der Waals surface area contributed by atoms with Crippen molar-refractivity contribution < 1.29 is 4.79 Å². The molecule has 96 valence electrons. The molecule has 0 spiro atoms. The van der Waals surface area contributed by atoms with Gasteiger partial charge in [0, 0.05) is 26.6 Å². The largest absolute Gasteiger partial charge is 0.316 e. The van der Waals surface area contributed by atoms with Crippen LogP contribution in [0.1, 0.15) is 24.3 Å². The Morgan fingerprint density at radius 1 is 1.33 bits per heavy atom. The van der Waals surface area contributed by atoms with E-state index in [9.17, 15) is 4.79 Å². The molecule has 2 heterocycles. The number of hydrazine groups is 1. The fourth-order valence-electron chi connectivity index (χ4n) is 2.92. The van der Waals surface area contributed by atoms with Gasteiger partial charge in [0.1, 0.15) is 0 Å². The number of amides is 1. The molecule has 18 heavy (non-hydrogen) atoms. The summed E-state index contributed by atoms with van der Waals surface area (Å²) in [5, 5.41) is 7.27. The van der Waals surface area contributed by atoms with E-state index < -0.39 is 0 Å². The molecule has 1 unspecified atom stereocenters. The Bertz CT molecular complexity index is 454. The van der Waals surface area contributed by atoms with Crippen molar-refractivity contribution in [3.05, 3.63) is 29.8 Å². The molecule has 1 atom stereocenters. The zero-order valence-corrected chi connectivity index (χ0v) is 10.7. The van der Waals surface area contributed by atoms with Gasteiger partial charge in [-0.15, -0.1) is 0 Å². The van der Waals surface area contributed by atoms with Gasteiger partial charge in [0.15, 0.2) is 0 Å². The molecular formula is C14H19N3O. The minimum Gasteiger partial charge on any atom is -0.316 e. The molecule has 0 aromatic heterocycles. The van der Waals surface area contributed by atoms with E-state index in [2.05, 4.69) is 34.6 Å². The van der Waals surface area contributed by atoms with E-state index in [1.54, 1.807) is 5.01 Å². The Balaban J connectivity index is 1.94. The molecule has 2 aliphatic heterocycles. The number of para-hydroxylation sites is 1. The zero-order valence-electron chi connectivity index (χ0n) is 10.7. The van der Waals surface area contributed by atoms with E-state index in [-0.39, 0.29) is 5.91 Å². The summed E-state index contributed by atoms with van der Waals surface area (Å²) in [4.78, 5) is 11.7. The van der Waals surface area contributed by atoms with Crippen LogP contribution >= 0.6 is 0 Å². The van der Waals surface area contributed by atoms with Crippen LogP contribution in [0.15, 0.2) is 24.3 Å². The second kappa shape index (κ2) is 4.61. The Kier molecular flexibility index (Phi) is 2.96. The van der Waals surface area contributed by atoms with Crippen molar-refractivity contribution in [1.29, 1.82) is 0 Å². The van der Waals surface area contributed by atoms with E-state index >= 15 is 0 Å². The first-order valence-corrected chi connectivity index (χ1v) is 6.61. The summed E-state index contributed by atoms with van der Waals surface area (Å²) in [7, 11) is 1.86. The van der Waals surface area contributed by atoms with Gasteiger partial charge < -0.3 is 5.32 Å². The highest BCUT2D eigenvalue weighted by Crippen LogP contribution is 2.33. The first-order valence-electron chi connectivity index (χ1n) is 6.61. The second-order valence-corrected chi connectivity index (χ2v) is 5.04. The molecule has 2 saturated heterocycles. The van der Waals surface area contributed by atoms with Crippen molar-refractivity contribution in [3.63, 3.8) is 0 Å². The lowest BCUT2D eigenvalue weighted by atomic mass is 9.96. The van der Waals surface area contributed by atoms with Crippen molar-refractivity contribution in [1.82, 2.24) is 10.3 Å². The maximum Gasteiger partial charge on any atom is 0.242 e. The smallest absolute Gasteiger partial charge is 0.242 e. The van der Waals surface area contributed by atoms with Crippen LogP contribution in [0.25, 0.3) is 0 Å². The van der Waals surface area contributed by atoms with Crippen LogP contribution < -0.4 is 10.3 Å². The van der Waals surface area contributed by atoms with Crippen molar-refractivity contribution in [2.24, 2.45) is 0 Å². The Morgan fingerprint density at radius 3 is 2.83 bits per heavy atom. The van der Waals surface area contributed by atoms with Crippen LogP contribution in [-0.4, -0.2) is 37.6 Å². The van der Waals surface area contributed by atoms with Gasteiger partial charge in [0.25, 0.3) is 0 Å². The first-order chi connectivity index (χ1) is 8.77. The molecule has 1 aromatic carbocycles. The monoisotopic (exact) mass is 245 g/mol. The molecule has 2 aliphatic rings. The summed E-state index contributed by atoms with van der Waals surface area (Å²) in [5.74, 6) is 0.777. The van der Waals surface area contributed by atoms with Crippen LogP contribution in [0.2, 0.25) is 0 Å². The predicted molar refractivity (Wildman–Crippen MR) is 71.4 cm³/mol. The number of carbonyl (C=O) groups is 1. The van der Waals surface area contributed by atoms with Crippen LogP contribution in [0.5, 0.6) is 0 Å². The van der Waals surface area contributed by atoms with Gasteiger partial charge in [-0.3, -0.25) is 14.8 Å². The van der Waals surface area contributed by atoms with E-state index in [0.717, 1.165) is 19.6 Å². The average molecular weight is 245 g/mol. The topological polar surface area (TPSA) is 35.6 Å². The summed E-state index contributed by atoms with van der Waals surface area (Å²) < 4.78 is 0.